The standard InChI is InChI=1S/C42H48N.C40H46N.C32H32NS/c1-29-13-9-10-18-34(29)41-27-37(38(28-43(41)2)31-16-7-4-8-17-31)33-20-22-36-35-21-19-32(30-14-5-3-6-15-30)25-39(35)42(40(36)26-33)23-11-12-24-42;1-27-13-11-12-18-32(27)39-25-35(36(26-41(39)4)29-16-9-6-10-17-29)31-20-22-34-33-21-19-30(28-14-7-5-8-15-28)23-37(33)40(2,3)38(34)24-31;1-21-13-15-26-27-16-14-24(18-32(27)34-31(26)17-21)28-19-30(25-12-8-7-9-22(25)2)33(3)20-29(28)23-10-5-4-6-11-23/h9-10,13,18-22,25-28,30-31H,3-8,11-12,14-17,23-24H2,1-2H3;11-13,18-26,28-29H,5-10,14-17H2,1-4H3;7-9,12-20,23H,4-6,10-11H2,1-3H3/q3*+1. The molecular weight excluding hydrogens is 1440 g/mol. The van der Waals surface area contributed by atoms with Gasteiger partial charge in [0.05, 0.1) is 0 Å². The van der Waals surface area contributed by atoms with E-state index in [1.54, 1.807) is 27.8 Å². The third-order valence-corrected chi connectivity index (χ3v) is 31.7. The van der Waals surface area contributed by atoms with Gasteiger partial charge in [0.1, 0.15) is 21.1 Å². The fraction of sp³-hybridized carbons (Fsp3) is 0.395. The van der Waals surface area contributed by atoms with Crippen molar-refractivity contribution >= 4 is 31.5 Å². The van der Waals surface area contributed by atoms with Crippen LogP contribution in [0.4, 0.5) is 0 Å². The normalized spacial score (nSPS) is 18.0. The zero-order valence-electron chi connectivity index (χ0n) is 72.4. The van der Waals surface area contributed by atoms with Crippen molar-refractivity contribution in [3.8, 4) is 89.4 Å². The third kappa shape index (κ3) is 14.9. The number of aromatic nitrogens is 3. The van der Waals surface area contributed by atoms with Gasteiger partial charge in [-0.05, 0) is 288 Å². The summed E-state index contributed by atoms with van der Waals surface area (Å²) in [5.41, 5.74) is 42.0. The molecule has 0 aliphatic heterocycles. The summed E-state index contributed by atoms with van der Waals surface area (Å²) in [7, 11) is 6.72. The Balaban J connectivity index is 0.000000118. The smallest absolute Gasteiger partial charge is 0.201 e. The van der Waals surface area contributed by atoms with Gasteiger partial charge in [-0.15, -0.1) is 11.3 Å². The van der Waals surface area contributed by atoms with Crippen LogP contribution in [0.3, 0.4) is 0 Å². The SMILES string of the molecule is Cc1ccc2c(c1)sc1cc(-c3cc(-c4ccccc4C)[n+](C)cc3C3CCCCC3)ccc12.Cc1ccccc1-c1cc(-c2ccc3c(c2)C(C)(C)c2cc(C4CCCCC4)ccc2-3)c(C2CCCCC2)c[n+]1C.Cc1ccccc1-c1cc(-c2ccc3c(c2)C2(CCCC2)c2cc(C4CCCCC4)ccc2-3)c(C2CCCCC2)c[n+]1C. The van der Waals surface area contributed by atoms with E-state index in [-0.39, 0.29) is 10.8 Å². The number of hydrogen-bond donors (Lipinski definition) is 0. The molecule has 21 rings (SSSR count). The van der Waals surface area contributed by atoms with Gasteiger partial charge in [-0.3, -0.25) is 0 Å². The molecule has 118 heavy (non-hydrogen) atoms. The summed E-state index contributed by atoms with van der Waals surface area (Å²) < 4.78 is 9.93. The van der Waals surface area contributed by atoms with Crippen molar-refractivity contribution in [1.29, 1.82) is 0 Å². The van der Waals surface area contributed by atoms with Gasteiger partial charge in [0.2, 0.25) is 17.1 Å². The van der Waals surface area contributed by atoms with Crippen LogP contribution < -0.4 is 13.7 Å². The molecule has 8 aliphatic carbocycles. The van der Waals surface area contributed by atoms with Crippen LogP contribution in [-0.4, -0.2) is 0 Å². The van der Waals surface area contributed by atoms with Gasteiger partial charge >= 0.3 is 0 Å². The summed E-state index contributed by atoms with van der Waals surface area (Å²) in [6.07, 6.45) is 46.7. The minimum Gasteiger partial charge on any atom is -0.201 e. The van der Waals surface area contributed by atoms with Crippen LogP contribution in [0.1, 0.15) is 302 Å². The van der Waals surface area contributed by atoms with Crippen LogP contribution >= 0.6 is 11.3 Å². The molecule has 4 heteroatoms. The third-order valence-electron chi connectivity index (χ3n) is 30.6. The molecule has 13 aromatic rings. The highest BCUT2D eigenvalue weighted by Gasteiger charge is 2.46. The summed E-state index contributed by atoms with van der Waals surface area (Å²) in [6, 6.07) is 78.2. The number of aryl methyl sites for hydroxylation is 7. The zero-order valence-corrected chi connectivity index (χ0v) is 73.2. The van der Waals surface area contributed by atoms with Gasteiger partial charge in [0, 0.05) is 82.6 Å². The second kappa shape index (κ2) is 33.3. The van der Waals surface area contributed by atoms with E-state index in [9.17, 15) is 0 Å². The van der Waals surface area contributed by atoms with Gasteiger partial charge < -0.3 is 0 Å². The minimum atomic E-state index is 0.00858. The molecule has 1 spiro atoms. The van der Waals surface area contributed by atoms with Crippen molar-refractivity contribution < 1.29 is 13.7 Å². The molecule has 4 heterocycles. The van der Waals surface area contributed by atoms with E-state index in [2.05, 4.69) is 295 Å². The topological polar surface area (TPSA) is 11.6 Å². The van der Waals surface area contributed by atoms with Gasteiger partial charge in [0.15, 0.2) is 18.6 Å². The lowest BCUT2D eigenvalue weighted by Gasteiger charge is -2.29. The predicted molar refractivity (Wildman–Crippen MR) is 499 cm³/mol. The Labute approximate surface area is 710 Å². The maximum Gasteiger partial charge on any atom is 0.213 e. The summed E-state index contributed by atoms with van der Waals surface area (Å²) in [6.45, 7) is 13.8. The lowest BCUT2D eigenvalue weighted by molar-refractivity contribution is -0.660. The molecule has 0 bridgehead atoms. The molecule has 9 aromatic carbocycles. The van der Waals surface area contributed by atoms with Crippen molar-refractivity contribution in [1.82, 2.24) is 0 Å². The largest absolute Gasteiger partial charge is 0.213 e. The van der Waals surface area contributed by atoms with Crippen LogP contribution in [0, 0.1) is 27.7 Å². The Bertz CT molecular complexity index is 5920. The molecule has 6 fully saturated rings. The Hall–Kier alpha value is -9.35. The maximum absolute atomic E-state index is 2.68. The number of benzene rings is 9. The number of fused-ring (bicyclic) bond motifs is 11. The zero-order chi connectivity index (χ0) is 80.3. The molecule has 8 aliphatic rings. The fourth-order valence-electron chi connectivity index (χ4n) is 23.9. The van der Waals surface area contributed by atoms with E-state index in [1.807, 2.05) is 11.3 Å². The molecule has 0 unspecified atom stereocenters. The maximum atomic E-state index is 2.68. The Morgan fingerprint density at radius 3 is 1.02 bits per heavy atom. The predicted octanol–water partition coefficient (Wildman–Crippen LogP) is 30.5. The molecule has 0 N–H and O–H groups in total. The number of nitrogens with zero attached hydrogens (tertiary/aromatic N) is 3. The molecule has 0 amide bonds. The lowest BCUT2D eigenvalue weighted by atomic mass is 9.74. The average Bonchev–Trinajstić information content (AvgIpc) is 1.55. The summed E-state index contributed by atoms with van der Waals surface area (Å²) in [5.74, 6) is 3.46. The number of thiophene rings is 1. The highest BCUT2D eigenvalue weighted by molar-refractivity contribution is 7.25. The summed E-state index contributed by atoms with van der Waals surface area (Å²) >= 11 is 1.93. The molecule has 6 saturated carbocycles. The van der Waals surface area contributed by atoms with Gasteiger partial charge in [0.25, 0.3) is 0 Å². The molecule has 4 aromatic heterocycles. The molecular formula is C114H126N3S+3. The minimum absolute atomic E-state index is 0.00858. The first-order valence-corrected chi connectivity index (χ1v) is 47.3. The second-order valence-electron chi connectivity index (χ2n) is 38.4. The van der Waals surface area contributed by atoms with E-state index < -0.39 is 0 Å². The average molecular weight is 1570 g/mol. The number of pyridine rings is 3. The molecule has 3 nitrogen and oxygen atoms in total. The quantitative estimate of drug-likeness (QED) is 0.114. The van der Waals surface area contributed by atoms with Crippen molar-refractivity contribution in [2.75, 3.05) is 0 Å². The fourth-order valence-corrected chi connectivity index (χ4v) is 25.2. The Morgan fingerprint density at radius 1 is 0.280 bits per heavy atom. The molecule has 0 radical (unpaired) electrons. The van der Waals surface area contributed by atoms with Crippen LogP contribution in [0.15, 0.2) is 219 Å². The monoisotopic (exact) mass is 1570 g/mol. The van der Waals surface area contributed by atoms with Gasteiger partial charge in [-0.2, -0.15) is 0 Å². The Morgan fingerprint density at radius 2 is 0.602 bits per heavy atom. The van der Waals surface area contributed by atoms with E-state index >= 15 is 0 Å². The highest BCUT2D eigenvalue weighted by atomic mass is 32.1. The first-order chi connectivity index (χ1) is 57.6. The van der Waals surface area contributed by atoms with Crippen molar-refractivity contribution in [2.24, 2.45) is 21.1 Å². The Kier molecular flexibility index (Phi) is 22.2. The summed E-state index contributed by atoms with van der Waals surface area (Å²) in [5, 5.41) is 2.76. The van der Waals surface area contributed by atoms with Gasteiger partial charge in [-0.25, -0.2) is 13.7 Å². The van der Waals surface area contributed by atoms with E-state index in [0.717, 1.165) is 11.8 Å². The molecule has 600 valence electrons. The van der Waals surface area contributed by atoms with E-state index in [4.69, 9.17) is 0 Å². The van der Waals surface area contributed by atoms with E-state index in [0.29, 0.717) is 17.8 Å². The highest BCUT2D eigenvalue weighted by Crippen LogP contribution is 2.59. The number of hydrogen-bond acceptors (Lipinski definition) is 1. The first-order valence-electron chi connectivity index (χ1n) is 46.4. The molecule has 0 atom stereocenters. The van der Waals surface area contributed by atoms with Crippen LogP contribution in [0.5, 0.6) is 0 Å². The van der Waals surface area contributed by atoms with Crippen LogP contribution in [0.2, 0.25) is 0 Å². The van der Waals surface area contributed by atoms with Crippen molar-refractivity contribution in [3.63, 3.8) is 0 Å². The van der Waals surface area contributed by atoms with Crippen LogP contribution in [0.25, 0.3) is 110 Å². The van der Waals surface area contributed by atoms with Crippen molar-refractivity contribution in [2.45, 2.75) is 268 Å². The summed E-state index contributed by atoms with van der Waals surface area (Å²) in [4.78, 5) is 0. The lowest BCUT2D eigenvalue weighted by Crippen LogP contribution is -2.32. The first kappa shape index (κ1) is 78.5. The van der Waals surface area contributed by atoms with E-state index in [1.165, 1.54) is 340 Å². The molecule has 0 saturated heterocycles. The second-order valence-corrected chi connectivity index (χ2v) is 39.5. The van der Waals surface area contributed by atoms with Crippen molar-refractivity contribution in [3.05, 3.63) is 291 Å². The van der Waals surface area contributed by atoms with Crippen LogP contribution in [-0.2, 0) is 32.0 Å². The number of rotatable bonds is 11. The van der Waals surface area contributed by atoms with Gasteiger partial charge in [-0.1, -0.05) is 263 Å².